The van der Waals surface area contributed by atoms with Crippen LogP contribution in [0.1, 0.15) is 65.3 Å². The molecule has 2 heterocycles. The van der Waals surface area contributed by atoms with Crippen molar-refractivity contribution in [3.05, 3.63) is 58.7 Å². The Labute approximate surface area is 175 Å². The minimum absolute atomic E-state index is 0.0680. The maximum Gasteiger partial charge on any atom is 0.274 e. The van der Waals surface area contributed by atoms with Gasteiger partial charge in [0.25, 0.3) is 5.91 Å². The normalized spacial score (nSPS) is 20.3. The van der Waals surface area contributed by atoms with Gasteiger partial charge < -0.3 is 14.6 Å². The average molecular weight is 406 g/mol. The van der Waals surface area contributed by atoms with Crippen molar-refractivity contribution in [1.29, 1.82) is 0 Å². The SMILES string of the molecule is COc1ccc(-n2ncc3c2CCC[C@@H]3NC(=O)c2noc3c2C[C@@H](C)CC3)cc1. The van der Waals surface area contributed by atoms with Crippen LogP contribution in [0.15, 0.2) is 35.0 Å². The van der Waals surface area contributed by atoms with Gasteiger partial charge in [-0.15, -0.1) is 0 Å². The molecule has 2 atom stereocenters. The van der Waals surface area contributed by atoms with Crippen molar-refractivity contribution in [1.82, 2.24) is 20.3 Å². The fourth-order valence-electron chi connectivity index (χ4n) is 4.64. The molecule has 30 heavy (non-hydrogen) atoms. The lowest BCUT2D eigenvalue weighted by molar-refractivity contribution is 0.0922. The van der Waals surface area contributed by atoms with Crippen LogP contribution >= 0.6 is 0 Å². The quantitative estimate of drug-likeness (QED) is 0.713. The molecule has 1 aromatic carbocycles. The molecule has 0 unspecified atom stereocenters. The van der Waals surface area contributed by atoms with E-state index < -0.39 is 0 Å². The Balaban J connectivity index is 1.39. The number of benzene rings is 1. The van der Waals surface area contributed by atoms with Crippen LogP contribution in [0.4, 0.5) is 0 Å². The van der Waals surface area contributed by atoms with Crippen molar-refractivity contribution in [3.63, 3.8) is 0 Å². The van der Waals surface area contributed by atoms with Crippen molar-refractivity contribution >= 4 is 5.91 Å². The van der Waals surface area contributed by atoms with E-state index in [9.17, 15) is 4.79 Å². The van der Waals surface area contributed by atoms with Gasteiger partial charge in [-0.05, 0) is 62.3 Å². The summed E-state index contributed by atoms with van der Waals surface area (Å²) in [6, 6.07) is 7.79. The van der Waals surface area contributed by atoms with Crippen molar-refractivity contribution in [2.24, 2.45) is 5.92 Å². The van der Waals surface area contributed by atoms with Crippen LogP contribution in [-0.4, -0.2) is 28.0 Å². The third-order valence-electron chi connectivity index (χ3n) is 6.31. The number of aryl methyl sites for hydroxylation is 1. The second kappa shape index (κ2) is 7.63. The second-order valence-electron chi connectivity index (χ2n) is 8.36. The first kappa shape index (κ1) is 18.9. The monoisotopic (exact) mass is 406 g/mol. The summed E-state index contributed by atoms with van der Waals surface area (Å²) >= 11 is 0. The molecule has 0 bridgehead atoms. The summed E-state index contributed by atoms with van der Waals surface area (Å²) in [5.41, 5.74) is 4.65. The van der Waals surface area contributed by atoms with Gasteiger partial charge in [-0.2, -0.15) is 5.10 Å². The van der Waals surface area contributed by atoms with Crippen LogP contribution in [0.3, 0.4) is 0 Å². The van der Waals surface area contributed by atoms with Crippen molar-refractivity contribution < 1.29 is 14.1 Å². The van der Waals surface area contributed by atoms with Gasteiger partial charge in [0.2, 0.25) is 0 Å². The molecule has 2 aromatic heterocycles. The number of nitrogens with zero attached hydrogens (tertiary/aromatic N) is 3. The molecule has 0 fully saturated rings. The zero-order valence-corrected chi connectivity index (χ0v) is 17.4. The lowest BCUT2D eigenvalue weighted by Gasteiger charge is -2.24. The van der Waals surface area contributed by atoms with Gasteiger partial charge in [-0.1, -0.05) is 12.1 Å². The van der Waals surface area contributed by atoms with Gasteiger partial charge in [0, 0.05) is 23.2 Å². The number of hydrogen-bond acceptors (Lipinski definition) is 5. The van der Waals surface area contributed by atoms with Crippen LogP contribution in [-0.2, 0) is 19.3 Å². The molecule has 5 rings (SSSR count). The molecule has 0 saturated carbocycles. The molecule has 1 amide bonds. The Morgan fingerprint density at radius 2 is 2.07 bits per heavy atom. The first-order valence-electron chi connectivity index (χ1n) is 10.6. The van der Waals surface area contributed by atoms with Crippen LogP contribution in [0.25, 0.3) is 5.69 Å². The van der Waals surface area contributed by atoms with Gasteiger partial charge in [0.15, 0.2) is 5.69 Å². The van der Waals surface area contributed by atoms with Gasteiger partial charge >= 0.3 is 0 Å². The van der Waals surface area contributed by atoms with E-state index >= 15 is 0 Å². The Kier molecular flexibility index (Phi) is 4.81. The minimum atomic E-state index is -0.149. The van der Waals surface area contributed by atoms with Crippen molar-refractivity contribution in [2.45, 2.75) is 51.5 Å². The van der Waals surface area contributed by atoms with Crippen molar-refractivity contribution in [3.8, 4) is 11.4 Å². The highest BCUT2D eigenvalue weighted by atomic mass is 16.5. The number of carbonyl (C=O) groups is 1. The fraction of sp³-hybridized carbons (Fsp3) is 0.435. The lowest BCUT2D eigenvalue weighted by Crippen LogP contribution is -2.32. The number of ether oxygens (including phenoxy) is 1. The molecular formula is C23H26N4O3. The largest absolute Gasteiger partial charge is 0.497 e. The Morgan fingerprint density at radius 3 is 2.87 bits per heavy atom. The van der Waals surface area contributed by atoms with E-state index in [2.05, 4.69) is 22.5 Å². The van der Waals surface area contributed by atoms with E-state index in [4.69, 9.17) is 9.26 Å². The van der Waals surface area contributed by atoms with Crippen LogP contribution in [0.2, 0.25) is 0 Å². The number of rotatable bonds is 4. The predicted octanol–water partition coefficient (Wildman–Crippen LogP) is 3.80. The first-order chi connectivity index (χ1) is 14.6. The van der Waals surface area contributed by atoms with Crippen LogP contribution in [0.5, 0.6) is 5.75 Å². The number of amides is 1. The Bertz CT molecular complexity index is 1070. The van der Waals surface area contributed by atoms with E-state index in [1.54, 1.807) is 7.11 Å². The van der Waals surface area contributed by atoms with Gasteiger partial charge in [0.05, 0.1) is 25.0 Å². The topological polar surface area (TPSA) is 82.2 Å². The maximum atomic E-state index is 13.0. The van der Waals surface area contributed by atoms with E-state index in [1.807, 2.05) is 35.1 Å². The number of methoxy groups -OCH3 is 1. The third-order valence-corrected chi connectivity index (χ3v) is 6.31. The van der Waals surface area contributed by atoms with Gasteiger partial charge in [-0.3, -0.25) is 4.79 Å². The summed E-state index contributed by atoms with van der Waals surface area (Å²) in [5, 5.41) is 11.9. The molecule has 0 saturated heterocycles. The molecule has 0 spiro atoms. The molecular weight excluding hydrogens is 380 g/mol. The summed E-state index contributed by atoms with van der Waals surface area (Å²) in [6.07, 6.45) is 7.50. The summed E-state index contributed by atoms with van der Waals surface area (Å²) in [6.45, 7) is 2.21. The average Bonchev–Trinajstić information content (AvgIpc) is 3.38. The Morgan fingerprint density at radius 1 is 1.23 bits per heavy atom. The third kappa shape index (κ3) is 3.28. The number of fused-ring (bicyclic) bond motifs is 2. The highest BCUT2D eigenvalue weighted by Gasteiger charge is 2.30. The number of nitrogens with one attached hydrogen (secondary N) is 1. The molecule has 7 nitrogen and oxygen atoms in total. The second-order valence-corrected chi connectivity index (χ2v) is 8.36. The van der Waals surface area contributed by atoms with Crippen LogP contribution < -0.4 is 10.1 Å². The molecule has 156 valence electrons. The molecule has 7 heteroatoms. The highest BCUT2D eigenvalue weighted by molar-refractivity contribution is 5.94. The minimum Gasteiger partial charge on any atom is -0.497 e. The van der Waals surface area contributed by atoms with Crippen molar-refractivity contribution in [2.75, 3.05) is 7.11 Å². The fourth-order valence-corrected chi connectivity index (χ4v) is 4.64. The van der Waals surface area contributed by atoms with E-state index in [-0.39, 0.29) is 11.9 Å². The summed E-state index contributed by atoms with van der Waals surface area (Å²) in [7, 11) is 1.66. The van der Waals surface area contributed by atoms with E-state index in [1.165, 1.54) is 0 Å². The standard InChI is InChI=1S/C23H26N4O3/c1-14-6-11-21-17(12-14)22(26-30-21)23(28)25-19-4-3-5-20-18(19)13-24-27(20)15-7-9-16(29-2)10-8-15/h7-10,13-14,19H,3-6,11-12H2,1-2H3,(H,25,28)/t14-,19-/m0/s1. The van der Waals surface area contributed by atoms with Gasteiger partial charge in [-0.25, -0.2) is 4.68 Å². The summed E-state index contributed by atoms with van der Waals surface area (Å²) < 4.78 is 12.7. The zero-order chi connectivity index (χ0) is 20.7. The molecule has 0 radical (unpaired) electrons. The lowest BCUT2D eigenvalue weighted by atomic mass is 9.88. The highest BCUT2D eigenvalue weighted by Crippen LogP contribution is 2.33. The molecule has 2 aliphatic carbocycles. The molecule has 0 aliphatic heterocycles. The summed E-state index contributed by atoms with van der Waals surface area (Å²) in [5.74, 6) is 2.08. The molecule has 3 aromatic rings. The molecule has 1 N–H and O–H groups in total. The first-order valence-corrected chi connectivity index (χ1v) is 10.6. The van der Waals surface area contributed by atoms with Crippen LogP contribution in [0, 0.1) is 5.92 Å². The summed E-state index contributed by atoms with van der Waals surface area (Å²) in [4.78, 5) is 13.0. The number of aromatic nitrogens is 3. The Hall–Kier alpha value is -3.09. The van der Waals surface area contributed by atoms with E-state index in [0.29, 0.717) is 11.6 Å². The maximum absolute atomic E-state index is 13.0. The van der Waals surface area contributed by atoms with E-state index in [0.717, 1.165) is 72.5 Å². The number of hydrogen-bond donors (Lipinski definition) is 1. The predicted molar refractivity (Wildman–Crippen MR) is 111 cm³/mol. The molecule has 2 aliphatic rings. The van der Waals surface area contributed by atoms with Gasteiger partial charge in [0.1, 0.15) is 11.5 Å². The number of carbonyl (C=O) groups excluding carboxylic acids is 1. The smallest absolute Gasteiger partial charge is 0.274 e. The zero-order valence-electron chi connectivity index (χ0n) is 17.4.